The molecule has 0 bridgehead atoms. The van der Waals surface area contributed by atoms with Crippen molar-refractivity contribution < 1.29 is 9.21 Å². The molecule has 3 heterocycles. The summed E-state index contributed by atoms with van der Waals surface area (Å²) in [7, 11) is 0. The van der Waals surface area contributed by atoms with Gasteiger partial charge in [-0.25, -0.2) is 9.97 Å². The summed E-state index contributed by atoms with van der Waals surface area (Å²) in [5.41, 5.74) is 0.891. The smallest absolute Gasteiger partial charge is 0.277 e. The van der Waals surface area contributed by atoms with Crippen molar-refractivity contribution in [2.24, 2.45) is 0 Å². The lowest BCUT2D eigenvalue weighted by atomic mass is 10.3. The second-order valence-corrected chi connectivity index (χ2v) is 7.90. The van der Waals surface area contributed by atoms with Crippen LogP contribution in [0.25, 0.3) is 0 Å². The molecule has 1 N–H and O–H groups in total. The molecule has 0 aliphatic heterocycles. The van der Waals surface area contributed by atoms with Crippen molar-refractivity contribution in [1.29, 1.82) is 0 Å². The number of thiazole rings is 1. The van der Waals surface area contributed by atoms with E-state index >= 15 is 0 Å². The Morgan fingerprint density at radius 3 is 2.96 bits per heavy atom. The van der Waals surface area contributed by atoms with E-state index in [-0.39, 0.29) is 5.91 Å². The van der Waals surface area contributed by atoms with E-state index in [1.54, 1.807) is 30.4 Å². The zero-order valence-electron chi connectivity index (χ0n) is 13.4. The monoisotopic (exact) mass is 395 g/mol. The van der Waals surface area contributed by atoms with Gasteiger partial charge in [-0.3, -0.25) is 4.79 Å². The molecular formula is C15H14ClN5O2S2. The van der Waals surface area contributed by atoms with Crippen LogP contribution < -0.4 is 5.32 Å². The van der Waals surface area contributed by atoms with Crippen molar-refractivity contribution in [3.8, 4) is 0 Å². The van der Waals surface area contributed by atoms with Gasteiger partial charge in [-0.1, -0.05) is 23.4 Å². The Hall–Kier alpha value is -1.97. The molecule has 3 rings (SSSR count). The summed E-state index contributed by atoms with van der Waals surface area (Å²) in [5, 5.41) is 14.1. The van der Waals surface area contributed by atoms with Gasteiger partial charge >= 0.3 is 0 Å². The number of aromatic nitrogens is 4. The molecule has 0 aliphatic carbocycles. The summed E-state index contributed by atoms with van der Waals surface area (Å²) in [5.74, 6) is 0.696. The first-order chi connectivity index (χ1) is 12.0. The molecule has 0 aliphatic rings. The van der Waals surface area contributed by atoms with Gasteiger partial charge in [0.25, 0.3) is 5.22 Å². The SMILES string of the molecule is Cc1nc(Cc2nnc(S[C@H](C)C(=O)Nc3ccc(Cl)cn3)o2)cs1. The van der Waals surface area contributed by atoms with Crippen LogP contribution in [-0.2, 0) is 11.2 Å². The highest BCUT2D eigenvalue weighted by atomic mass is 35.5. The predicted molar refractivity (Wildman–Crippen MR) is 97.2 cm³/mol. The molecule has 0 unspecified atom stereocenters. The van der Waals surface area contributed by atoms with Crippen molar-refractivity contribution in [1.82, 2.24) is 20.2 Å². The number of amides is 1. The van der Waals surface area contributed by atoms with Crippen molar-refractivity contribution in [2.75, 3.05) is 5.32 Å². The van der Waals surface area contributed by atoms with Gasteiger partial charge in [0.2, 0.25) is 11.8 Å². The van der Waals surface area contributed by atoms with Crippen molar-refractivity contribution in [3.05, 3.63) is 45.3 Å². The first kappa shape index (κ1) is 17.8. The van der Waals surface area contributed by atoms with Gasteiger partial charge in [0.15, 0.2) is 0 Å². The van der Waals surface area contributed by atoms with Crippen LogP contribution >= 0.6 is 34.7 Å². The molecule has 10 heteroatoms. The lowest BCUT2D eigenvalue weighted by molar-refractivity contribution is -0.115. The Morgan fingerprint density at radius 1 is 1.44 bits per heavy atom. The Morgan fingerprint density at radius 2 is 2.28 bits per heavy atom. The van der Waals surface area contributed by atoms with E-state index in [4.69, 9.17) is 16.0 Å². The van der Waals surface area contributed by atoms with E-state index in [9.17, 15) is 4.79 Å². The van der Waals surface area contributed by atoms with Crippen LogP contribution in [0.3, 0.4) is 0 Å². The molecule has 0 spiro atoms. The van der Waals surface area contributed by atoms with Gasteiger partial charge in [0, 0.05) is 11.6 Å². The third kappa shape index (κ3) is 5.00. The van der Waals surface area contributed by atoms with Gasteiger partial charge in [0.1, 0.15) is 5.82 Å². The molecule has 0 saturated heterocycles. The molecule has 1 atom stereocenters. The number of aryl methyl sites for hydroxylation is 1. The average molecular weight is 396 g/mol. The quantitative estimate of drug-likeness (QED) is 0.637. The zero-order chi connectivity index (χ0) is 17.8. The molecular weight excluding hydrogens is 382 g/mol. The molecule has 0 radical (unpaired) electrons. The topological polar surface area (TPSA) is 93.8 Å². The van der Waals surface area contributed by atoms with E-state index < -0.39 is 5.25 Å². The largest absolute Gasteiger partial charge is 0.416 e. The van der Waals surface area contributed by atoms with Crippen molar-refractivity contribution >= 4 is 46.4 Å². The minimum Gasteiger partial charge on any atom is -0.416 e. The third-order valence-electron chi connectivity index (χ3n) is 3.07. The normalized spacial score (nSPS) is 12.1. The van der Waals surface area contributed by atoms with Crippen LogP contribution in [0.2, 0.25) is 5.02 Å². The second kappa shape index (κ2) is 7.94. The fourth-order valence-electron chi connectivity index (χ4n) is 1.88. The molecule has 7 nitrogen and oxygen atoms in total. The number of rotatable bonds is 6. The van der Waals surface area contributed by atoms with Gasteiger partial charge < -0.3 is 9.73 Å². The lowest BCUT2D eigenvalue weighted by Gasteiger charge is -2.09. The summed E-state index contributed by atoms with van der Waals surface area (Å²) >= 11 is 8.53. The summed E-state index contributed by atoms with van der Waals surface area (Å²) in [4.78, 5) is 20.6. The summed E-state index contributed by atoms with van der Waals surface area (Å²) in [6.07, 6.45) is 1.95. The standard InChI is InChI=1S/C15H14ClN5O2S2/c1-8(14(22)19-12-4-3-10(16)6-17-12)25-15-21-20-13(23-15)5-11-7-24-9(2)18-11/h3-4,6-8H,5H2,1-2H3,(H,17,19,22)/t8-/m1/s1. The number of carbonyl (C=O) groups is 1. The number of nitrogens with zero attached hydrogens (tertiary/aromatic N) is 4. The average Bonchev–Trinajstić information content (AvgIpc) is 3.19. The van der Waals surface area contributed by atoms with Gasteiger partial charge in [0.05, 0.1) is 27.4 Å². The van der Waals surface area contributed by atoms with Crippen LogP contribution in [0, 0.1) is 6.92 Å². The van der Waals surface area contributed by atoms with Crippen molar-refractivity contribution in [3.63, 3.8) is 0 Å². The van der Waals surface area contributed by atoms with Crippen LogP contribution in [0.5, 0.6) is 0 Å². The van der Waals surface area contributed by atoms with E-state index in [2.05, 4.69) is 25.5 Å². The Labute approximate surface area is 157 Å². The third-order valence-corrected chi connectivity index (χ3v) is 5.05. The number of carbonyl (C=O) groups excluding carboxylic acids is 1. The number of anilines is 1. The summed E-state index contributed by atoms with van der Waals surface area (Å²) < 4.78 is 5.58. The zero-order valence-corrected chi connectivity index (χ0v) is 15.8. The number of pyridine rings is 1. The van der Waals surface area contributed by atoms with Crippen LogP contribution in [0.15, 0.2) is 33.3 Å². The molecule has 130 valence electrons. The van der Waals surface area contributed by atoms with Crippen molar-refractivity contribution in [2.45, 2.75) is 30.7 Å². The number of nitrogens with one attached hydrogen (secondary N) is 1. The highest BCUT2D eigenvalue weighted by Gasteiger charge is 2.19. The lowest BCUT2D eigenvalue weighted by Crippen LogP contribution is -2.22. The van der Waals surface area contributed by atoms with Gasteiger partial charge in [-0.2, -0.15) is 0 Å². The maximum Gasteiger partial charge on any atom is 0.277 e. The summed E-state index contributed by atoms with van der Waals surface area (Å²) in [6, 6.07) is 3.30. The van der Waals surface area contributed by atoms with E-state index in [0.717, 1.165) is 10.7 Å². The number of halogens is 1. The predicted octanol–water partition coefficient (Wildman–Crippen LogP) is 3.59. The molecule has 0 saturated carbocycles. The Balaban J connectivity index is 1.56. The molecule has 1 amide bonds. The number of thioether (sulfide) groups is 1. The Bertz CT molecular complexity index is 865. The molecule has 25 heavy (non-hydrogen) atoms. The minimum absolute atomic E-state index is 0.213. The number of hydrogen-bond donors (Lipinski definition) is 1. The van der Waals surface area contributed by atoms with Crippen LogP contribution in [-0.4, -0.2) is 31.3 Å². The molecule has 3 aromatic rings. The Kier molecular flexibility index (Phi) is 5.67. The fraction of sp³-hybridized carbons (Fsp3) is 0.267. The van der Waals surface area contributed by atoms with Gasteiger partial charge in [-0.15, -0.1) is 21.5 Å². The highest BCUT2D eigenvalue weighted by Crippen LogP contribution is 2.24. The van der Waals surface area contributed by atoms with Crippen LogP contribution in [0.4, 0.5) is 5.82 Å². The van der Waals surface area contributed by atoms with Gasteiger partial charge in [-0.05, 0) is 26.0 Å². The first-order valence-corrected chi connectivity index (χ1v) is 9.46. The summed E-state index contributed by atoms with van der Waals surface area (Å²) in [6.45, 7) is 3.70. The van der Waals surface area contributed by atoms with Crippen LogP contribution in [0.1, 0.15) is 23.5 Å². The molecule has 0 aromatic carbocycles. The first-order valence-electron chi connectivity index (χ1n) is 7.32. The second-order valence-electron chi connectivity index (χ2n) is 5.11. The molecule has 0 fully saturated rings. The van der Waals surface area contributed by atoms with E-state index in [0.29, 0.717) is 28.4 Å². The molecule has 3 aromatic heterocycles. The fourth-order valence-corrected chi connectivity index (χ4v) is 3.31. The number of hydrogen-bond acceptors (Lipinski definition) is 8. The minimum atomic E-state index is -0.424. The van der Waals surface area contributed by atoms with E-state index in [1.807, 2.05) is 12.3 Å². The maximum absolute atomic E-state index is 12.2. The van der Waals surface area contributed by atoms with E-state index in [1.165, 1.54) is 18.0 Å². The maximum atomic E-state index is 12.2. The highest BCUT2D eigenvalue weighted by molar-refractivity contribution is 8.00.